The van der Waals surface area contributed by atoms with E-state index >= 15 is 0 Å². The van der Waals surface area contributed by atoms with Gasteiger partial charge < -0.3 is 10.2 Å². The number of nitrogens with one attached hydrogen (secondary N) is 1. The Kier molecular flexibility index (Phi) is 4.67. The number of piperidine rings is 1. The average molecular weight is 316 g/mol. The summed E-state index contributed by atoms with van der Waals surface area (Å²) in [5.41, 5.74) is 0. The molecule has 2 heterocycles. The van der Waals surface area contributed by atoms with Crippen molar-refractivity contribution in [3.8, 4) is 0 Å². The normalized spacial score (nSPS) is 22.2. The number of carbonyl (C=O) groups excluding carboxylic acids is 2. The molecule has 1 aliphatic heterocycles. The first-order chi connectivity index (χ1) is 10.3. The van der Waals surface area contributed by atoms with Crippen LogP contribution in [0.3, 0.4) is 0 Å². The molecule has 8 nitrogen and oxygen atoms in total. The number of tetrazole rings is 1. The molecular weight excluding hydrogens is 298 g/mol. The Morgan fingerprint density at radius 3 is 2.82 bits per heavy atom. The monoisotopic (exact) mass is 316 g/mol. The van der Waals surface area contributed by atoms with E-state index < -0.39 is 23.9 Å². The molecule has 2 rings (SSSR count). The Balaban J connectivity index is 1.88. The van der Waals surface area contributed by atoms with E-state index in [0.717, 1.165) is 0 Å². The third-order valence-corrected chi connectivity index (χ3v) is 3.57. The van der Waals surface area contributed by atoms with Crippen LogP contribution < -0.4 is 5.32 Å². The minimum absolute atomic E-state index is 0.0137. The standard InChI is InChI=1S/C12H18F2N6O2/c1-8-5-12(13,14)3-4-20(8)11(22)9(2)16-10(21)6-19-7-15-17-18-19/h7-9H,3-6H2,1-2H3,(H,16,21)/t8?,9-/m1/s1. The summed E-state index contributed by atoms with van der Waals surface area (Å²) in [5.74, 6) is -3.53. The zero-order valence-electron chi connectivity index (χ0n) is 12.4. The molecule has 0 bridgehead atoms. The van der Waals surface area contributed by atoms with Crippen molar-refractivity contribution < 1.29 is 18.4 Å². The fourth-order valence-corrected chi connectivity index (χ4v) is 2.47. The first-order valence-corrected chi connectivity index (χ1v) is 6.97. The van der Waals surface area contributed by atoms with Gasteiger partial charge >= 0.3 is 0 Å². The molecule has 1 N–H and O–H groups in total. The topological polar surface area (TPSA) is 93.0 Å². The number of nitrogens with zero attached hydrogens (tertiary/aromatic N) is 5. The van der Waals surface area contributed by atoms with Gasteiger partial charge in [0.05, 0.1) is 0 Å². The van der Waals surface area contributed by atoms with Crippen molar-refractivity contribution in [3.63, 3.8) is 0 Å². The van der Waals surface area contributed by atoms with Crippen LogP contribution in [0.5, 0.6) is 0 Å². The lowest BCUT2D eigenvalue weighted by molar-refractivity contribution is -0.145. The lowest BCUT2D eigenvalue weighted by Crippen LogP contribution is -2.54. The van der Waals surface area contributed by atoms with Gasteiger partial charge in [0.1, 0.15) is 18.9 Å². The molecule has 0 saturated carbocycles. The van der Waals surface area contributed by atoms with E-state index in [0.29, 0.717) is 0 Å². The second-order valence-electron chi connectivity index (χ2n) is 5.49. The fourth-order valence-electron chi connectivity index (χ4n) is 2.47. The third-order valence-electron chi connectivity index (χ3n) is 3.57. The molecule has 0 aliphatic carbocycles. The molecule has 1 saturated heterocycles. The minimum Gasteiger partial charge on any atom is -0.343 e. The highest BCUT2D eigenvalue weighted by molar-refractivity contribution is 5.87. The van der Waals surface area contributed by atoms with Gasteiger partial charge in [-0.25, -0.2) is 13.5 Å². The van der Waals surface area contributed by atoms with Crippen molar-refractivity contribution in [3.05, 3.63) is 6.33 Å². The predicted molar refractivity (Wildman–Crippen MR) is 70.8 cm³/mol. The van der Waals surface area contributed by atoms with Crippen LogP contribution >= 0.6 is 0 Å². The summed E-state index contributed by atoms with van der Waals surface area (Å²) in [5, 5.41) is 12.9. The van der Waals surface area contributed by atoms with Crippen LogP contribution in [0.1, 0.15) is 26.7 Å². The maximum Gasteiger partial charge on any atom is 0.251 e. The van der Waals surface area contributed by atoms with Gasteiger partial charge in [-0.2, -0.15) is 0 Å². The van der Waals surface area contributed by atoms with Crippen molar-refractivity contribution in [2.75, 3.05) is 6.54 Å². The van der Waals surface area contributed by atoms with Gasteiger partial charge in [-0.3, -0.25) is 9.59 Å². The van der Waals surface area contributed by atoms with E-state index in [1.54, 1.807) is 6.92 Å². The molecule has 2 amide bonds. The van der Waals surface area contributed by atoms with Crippen molar-refractivity contribution in [1.82, 2.24) is 30.4 Å². The van der Waals surface area contributed by atoms with Crippen LogP contribution in [-0.4, -0.2) is 61.5 Å². The van der Waals surface area contributed by atoms with Gasteiger partial charge in [-0.05, 0) is 24.3 Å². The van der Waals surface area contributed by atoms with Crippen LogP contribution in [-0.2, 0) is 16.1 Å². The molecule has 1 fully saturated rings. The number of halogens is 2. The van der Waals surface area contributed by atoms with Gasteiger partial charge in [0.2, 0.25) is 11.8 Å². The lowest BCUT2D eigenvalue weighted by Gasteiger charge is -2.38. The van der Waals surface area contributed by atoms with Crippen LogP contribution in [0.2, 0.25) is 0 Å². The largest absolute Gasteiger partial charge is 0.343 e. The second kappa shape index (κ2) is 6.32. The number of hydrogen-bond donors (Lipinski definition) is 1. The van der Waals surface area contributed by atoms with E-state index in [1.807, 2.05) is 0 Å². The number of likely N-dealkylation sites (tertiary alicyclic amines) is 1. The summed E-state index contributed by atoms with van der Waals surface area (Å²) in [4.78, 5) is 25.4. The first-order valence-electron chi connectivity index (χ1n) is 6.97. The highest BCUT2D eigenvalue weighted by atomic mass is 19.3. The maximum absolute atomic E-state index is 13.3. The van der Waals surface area contributed by atoms with E-state index in [9.17, 15) is 18.4 Å². The zero-order valence-corrected chi connectivity index (χ0v) is 12.4. The smallest absolute Gasteiger partial charge is 0.251 e. The molecule has 1 unspecified atom stereocenters. The van der Waals surface area contributed by atoms with Gasteiger partial charge in [-0.1, -0.05) is 0 Å². The van der Waals surface area contributed by atoms with Crippen LogP contribution in [0.4, 0.5) is 8.78 Å². The second-order valence-corrected chi connectivity index (χ2v) is 5.49. The number of carbonyl (C=O) groups is 2. The highest BCUT2D eigenvalue weighted by Crippen LogP contribution is 2.31. The molecule has 10 heteroatoms. The minimum atomic E-state index is -2.73. The molecular formula is C12H18F2N6O2. The molecule has 2 atom stereocenters. The van der Waals surface area contributed by atoms with Gasteiger partial charge in [0.25, 0.3) is 5.92 Å². The number of aromatic nitrogens is 4. The van der Waals surface area contributed by atoms with E-state index in [4.69, 9.17) is 0 Å². The summed E-state index contributed by atoms with van der Waals surface area (Å²) in [6.07, 6.45) is 0.569. The average Bonchev–Trinajstić information content (AvgIpc) is 2.89. The fraction of sp³-hybridized carbons (Fsp3) is 0.750. The van der Waals surface area contributed by atoms with Crippen LogP contribution in [0.15, 0.2) is 6.33 Å². The Bertz CT molecular complexity index is 536. The Morgan fingerprint density at radius 1 is 1.50 bits per heavy atom. The van der Waals surface area contributed by atoms with Gasteiger partial charge in [0, 0.05) is 25.4 Å². The number of rotatable bonds is 4. The van der Waals surface area contributed by atoms with Crippen LogP contribution in [0, 0.1) is 0 Å². The third kappa shape index (κ3) is 3.95. The summed E-state index contributed by atoms with van der Waals surface area (Å²) < 4.78 is 27.8. The van der Waals surface area contributed by atoms with Crippen molar-refractivity contribution in [2.45, 2.75) is 51.2 Å². The van der Waals surface area contributed by atoms with Crippen molar-refractivity contribution >= 4 is 11.8 Å². The summed E-state index contributed by atoms with van der Waals surface area (Å²) in [7, 11) is 0. The molecule has 1 aromatic rings. The van der Waals surface area contributed by atoms with Crippen molar-refractivity contribution in [1.29, 1.82) is 0 Å². The molecule has 22 heavy (non-hydrogen) atoms. The number of amides is 2. The Labute approximate surface area is 125 Å². The number of hydrogen-bond acceptors (Lipinski definition) is 5. The molecule has 0 spiro atoms. The SMILES string of the molecule is CC1CC(F)(F)CCN1C(=O)[C@@H](C)NC(=O)Cn1cnnn1. The quantitative estimate of drug-likeness (QED) is 0.832. The summed E-state index contributed by atoms with van der Waals surface area (Å²) in [6, 6.07) is -1.35. The van der Waals surface area contributed by atoms with E-state index in [2.05, 4.69) is 20.8 Å². The van der Waals surface area contributed by atoms with E-state index in [1.165, 1.54) is 22.8 Å². The summed E-state index contributed by atoms with van der Waals surface area (Å²) in [6.45, 7) is 2.98. The van der Waals surface area contributed by atoms with Gasteiger partial charge in [0.15, 0.2) is 0 Å². The molecule has 1 aromatic heterocycles. The van der Waals surface area contributed by atoms with Gasteiger partial charge in [-0.15, -0.1) is 5.10 Å². The summed E-state index contributed by atoms with van der Waals surface area (Å²) >= 11 is 0. The van der Waals surface area contributed by atoms with E-state index in [-0.39, 0.29) is 31.8 Å². The van der Waals surface area contributed by atoms with Crippen LogP contribution in [0.25, 0.3) is 0 Å². The Morgan fingerprint density at radius 2 is 2.23 bits per heavy atom. The maximum atomic E-state index is 13.3. The Hall–Kier alpha value is -2.13. The first kappa shape index (κ1) is 16.2. The predicted octanol–water partition coefficient (Wildman–Crippen LogP) is -0.176. The molecule has 1 aliphatic rings. The lowest BCUT2D eigenvalue weighted by atomic mass is 9.99. The molecule has 0 aromatic carbocycles. The number of alkyl halides is 2. The molecule has 122 valence electrons. The highest BCUT2D eigenvalue weighted by Gasteiger charge is 2.40. The zero-order chi connectivity index (χ0) is 16.3. The van der Waals surface area contributed by atoms with Crippen molar-refractivity contribution in [2.24, 2.45) is 0 Å². The molecule has 0 radical (unpaired) electrons.